The van der Waals surface area contributed by atoms with Crippen molar-refractivity contribution in [2.75, 3.05) is 12.4 Å². The summed E-state index contributed by atoms with van der Waals surface area (Å²) in [7, 11) is 1.66. The first-order valence-corrected chi connectivity index (χ1v) is 8.94. The van der Waals surface area contributed by atoms with Gasteiger partial charge in [0.1, 0.15) is 5.75 Å². The normalized spacial score (nSPS) is 19.8. The summed E-state index contributed by atoms with van der Waals surface area (Å²) in [5.41, 5.74) is 1.61. The molecule has 0 radical (unpaired) electrons. The quantitative estimate of drug-likeness (QED) is 0.789. The van der Waals surface area contributed by atoms with E-state index in [1.807, 2.05) is 12.1 Å². The van der Waals surface area contributed by atoms with Crippen molar-refractivity contribution in [2.24, 2.45) is 5.92 Å². The van der Waals surface area contributed by atoms with Crippen molar-refractivity contribution in [1.82, 2.24) is 0 Å². The molecule has 0 bridgehead atoms. The first kappa shape index (κ1) is 18.4. The van der Waals surface area contributed by atoms with Crippen LogP contribution in [-0.2, 0) is 4.79 Å². The molecule has 2 aromatic carbocycles. The highest BCUT2D eigenvalue weighted by molar-refractivity contribution is 5.90. The van der Waals surface area contributed by atoms with Gasteiger partial charge in [-0.25, -0.2) is 8.78 Å². The van der Waals surface area contributed by atoms with E-state index in [0.29, 0.717) is 23.9 Å². The van der Waals surface area contributed by atoms with Crippen LogP contribution >= 0.6 is 0 Å². The van der Waals surface area contributed by atoms with E-state index in [1.165, 1.54) is 11.6 Å². The van der Waals surface area contributed by atoms with Crippen molar-refractivity contribution >= 4 is 11.6 Å². The molecule has 0 atom stereocenters. The largest absolute Gasteiger partial charge is 0.497 e. The number of hydrogen-bond acceptors (Lipinski definition) is 2. The van der Waals surface area contributed by atoms with Crippen LogP contribution in [0.15, 0.2) is 42.5 Å². The number of halogens is 2. The van der Waals surface area contributed by atoms with E-state index in [2.05, 4.69) is 17.4 Å². The number of hydrogen-bond donors (Lipinski definition) is 1. The second-order valence-corrected chi connectivity index (χ2v) is 6.87. The van der Waals surface area contributed by atoms with E-state index in [0.717, 1.165) is 43.6 Å². The van der Waals surface area contributed by atoms with Crippen molar-refractivity contribution in [1.29, 1.82) is 0 Å². The fraction of sp³-hybridized carbons (Fsp3) is 0.381. The number of amides is 1. The molecule has 0 aliphatic heterocycles. The summed E-state index contributed by atoms with van der Waals surface area (Å²) in [6, 6.07) is 11.6. The van der Waals surface area contributed by atoms with Crippen LogP contribution in [-0.4, -0.2) is 13.0 Å². The van der Waals surface area contributed by atoms with Crippen LogP contribution in [0.5, 0.6) is 5.75 Å². The number of methoxy groups -OCH3 is 1. The van der Waals surface area contributed by atoms with Gasteiger partial charge in [0.05, 0.1) is 7.11 Å². The third kappa shape index (κ3) is 4.59. The molecule has 1 N–H and O–H groups in total. The lowest BCUT2D eigenvalue weighted by Crippen LogP contribution is -2.20. The molecule has 5 heteroatoms. The molecule has 1 aliphatic carbocycles. The van der Waals surface area contributed by atoms with Gasteiger partial charge in [0.15, 0.2) is 11.6 Å². The molecule has 1 fully saturated rings. The summed E-state index contributed by atoms with van der Waals surface area (Å²) in [5.74, 6) is -0.316. The van der Waals surface area contributed by atoms with Gasteiger partial charge in [0.2, 0.25) is 5.91 Å². The molecule has 1 aliphatic rings. The Morgan fingerprint density at radius 3 is 2.35 bits per heavy atom. The number of carbonyl (C=O) groups is 1. The van der Waals surface area contributed by atoms with E-state index in [9.17, 15) is 13.6 Å². The Hall–Kier alpha value is -2.43. The molecule has 0 heterocycles. The van der Waals surface area contributed by atoms with Crippen molar-refractivity contribution in [2.45, 2.75) is 38.0 Å². The predicted octanol–water partition coefficient (Wildman–Crippen LogP) is 5.28. The third-order valence-electron chi connectivity index (χ3n) is 5.11. The highest BCUT2D eigenvalue weighted by atomic mass is 19.2. The molecular formula is C21H23F2NO2. The second-order valence-electron chi connectivity index (χ2n) is 6.87. The van der Waals surface area contributed by atoms with Gasteiger partial charge in [-0.2, -0.15) is 0 Å². The van der Waals surface area contributed by atoms with E-state index in [1.54, 1.807) is 7.11 Å². The SMILES string of the molecule is COc1ccc([C@H]2CC[C@H](CC(=O)Nc3ccc(F)c(F)c3)CC2)cc1. The Balaban J connectivity index is 1.48. The van der Waals surface area contributed by atoms with Crippen LogP contribution in [0.2, 0.25) is 0 Å². The average Bonchev–Trinajstić information content (AvgIpc) is 2.65. The van der Waals surface area contributed by atoms with Gasteiger partial charge in [-0.3, -0.25) is 4.79 Å². The maximum atomic E-state index is 13.2. The summed E-state index contributed by atoms with van der Waals surface area (Å²) < 4.78 is 31.3. The molecule has 0 aromatic heterocycles. The van der Waals surface area contributed by atoms with E-state index < -0.39 is 11.6 Å². The number of benzene rings is 2. The highest BCUT2D eigenvalue weighted by Crippen LogP contribution is 2.37. The van der Waals surface area contributed by atoms with Crippen LogP contribution < -0.4 is 10.1 Å². The molecular weight excluding hydrogens is 336 g/mol. The zero-order chi connectivity index (χ0) is 18.5. The molecule has 1 saturated carbocycles. The van der Waals surface area contributed by atoms with Gasteiger partial charge in [-0.15, -0.1) is 0 Å². The average molecular weight is 359 g/mol. The van der Waals surface area contributed by atoms with Gasteiger partial charge in [0.25, 0.3) is 0 Å². The molecule has 3 rings (SSSR count). The number of carbonyl (C=O) groups excluding carboxylic acids is 1. The lowest BCUT2D eigenvalue weighted by Gasteiger charge is -2.28. The number of anilines is 1. The van der Waals surface area contributed by atoms with Crippen LogP contribution in [0.1, 0.15) is 43.6 Å². The molecule has 138 valence electrons. The molecule has 1 amide bonds. The molecule has 0 spiro atoms. The Kier molecular flexibility index (Phi) is 5.86. The lowest BCUT2D eigenvalue weighted by atomic mass is 9.77. The topological polar surface area (TPSA) is 38.3 Å². The minimum atomic E-state index is -0.956. The summed E-state index contributed by atoms with van der Waals surface area (Å²) in [6.07, 6.45) is 4.49. The molecule has 3 nitrogen and oxygen atoms in total. The minimum Gasteiger partial charge on any atom is -0.497 e. The van der Waals surface area contributed by atoms with Gasteiger partial charge < -0.3 is 10.1 Å². The van der Waals surface area contributed by atoms with Crippen molar-refractivity contribution < 1.29 is 18.3 Å². The fourth-order valence-corrected chi connectivity index (χ4v) is 3.62. The fourth-order valence-electron chi connectivity index (χ4n) is 3.62. The van der Waals surface area contributed by atoms with Crippen LogP contribution in [0.4, 0.5) is 14.5 Å². The molecule has 0 unspecified atom stereocenters. The van der Waals surface area contributed by atoms with E-state index >= 15 is 0 Å². The van der Waals surface area contributed by atoms with Crippen LogP contribution in [0.3, 0.4) is 0 Å². The van der Waals surface area contributed by atoms with Gasteiger partial charge in [0, 0.05) is 18.2 Å². The summed E-state index contributed by atoms with van der Waals surface area (Å²) in [4.78, 5) is 12.2. The van der Waals surface area contributed by atoms with Crippen molar-refractivity contribution in [3.63, 3.8) is 0 Å². The summed E-state index contributed by atoms with van der Waals surface area (Å²) in [5, 5.41) is 2.65. The zero-order valence-corrected chi connectivity index (χ0v) is 14.8. The molecule has 26 heavy (non-hydrogen) atoms. The van der Waals surface area contributed by atoms with Crippen LogP contribution in [0.25, 0.3) is 0 Å². The first-order valence-electron chi connectivity index (χ1n) is 8.94. The van der Waals surface area contributed by atoms with Gasteiger partial charge in [-0.1, -0.05) is 12.1 Å². The highest BCUT2D eigenvalue weighted by Gasteiger charge is 2.24. The number of rotatable bonds is 5. The standard InChI is InChI=1S/C21H23F2NO2/c1-26-18-9-6-16(7-10-18)15-4-2-14(3-5-15)12-21(25)24-17-8-11-19(22)20(23)13-17/h6-11,13-15H,2-5,12H2,1H3,(H,24,25)/t14-,15-. The maximum Gasteiger partial charge on any atom is 0.224 e. The van der Waals surface area contributed by atoms with Gasteiger partial charge >= 0.3 is 0 Å². The monoisotopic (exact) mass is 359 g/mol. The number of ether oxygens (including phenoxy) is 1. The van der Waals surface area contributed by atoms with Crippen LogP contribution in [0, 0.1) is 17.6 Å². The first-order chi connectivity index (χ1) is 12.5. The smallest absolute Gasteiger partial charge is 0.224 e. The predicted molar refractivity (Wildman–Crippen MR) is 97.3 cm³/mol. The molecule has 0 saturated heterocycles. The third-order valence-corrected chi connectivity index (χ3v) is 5.11. The van der Waals surface area contributed by atoms with Crippen molar-refractivity contribution in [3.8, 4) is 5.75 Å². The second kappa shape index (κ2) is 8.30. The Morgan fingerprint density at radius 2 is 1.73 bits per heavy atom. The molecule has 2 aromatic rings. The number of nitrogens with one attached hydrogen (secondary N) is 1. The Morgan fingerprint density at radius 1 is 1.04 bits per heavy atom. The zero-order valence-electron chi connectivity index (χ0n) is 14.8. The lowest BCUT2D eigenvalue weighted by molar-refractivity contribution is -0.117. The summed E-state index contributed by atoms with van der Waals surface area (Å²) in [6.45, 7) is 0. The Bertz CT molecular complexity index is 753. The maximum absolute atomic E-state index is 13.2. The van der Waals surface area contributed by atoms with Gasteiger partial charge in [-0.05, 0) is 67.3 Å². The Labute approximate surface area is 152 Å². The summed E-state index contributed by atoms with van der Waals surface area (Å²) >= 11 is 0. The van der Waals surface area contributed by atoms with E-state index in [4.69, 9.17) is 4.74 Å². The van der Waals surface area contributed by atoms with E-state index in [-0.39, 0.29) is 5.91 Å². The van der Waals surface area contributed by atoms with Crippen molar-refractivity contribution in [3.05, 3.63) is 59.7 Å². The minimum absolute atomic E-state index is 0.149.